The number of esters is 1. The first-order chi connectivity index (χ1) is 12.9. The van der Waals surface area contributed by atoms with E-state index >= 15 is 0 Å². The summed E-state index contributed by atoms with van der Waals surface area (Å²) in [5, 5.41) is 0. The van der Waals surface area contributed by atoms with Crippen molar-refractivity contribution in [2.75, 3.05) is 7.11 Å². The van der Waals surface area contributed by atoms with Crippen molar-refractivity contribution in [1.82, 2.24) is 4.98 Å². The normalized spacial score (nSPS) is 12.0. The first kappa shape index (κ1) is 21.5. The lowest BCUT2D eigenvalue weighted by molar-refractivity contribution is -0.0501. The molecule has 0 aliphatic heterocycles. The highest BCUT2D eigenvalue weighted by molar-refractivity contribution is 7.88. The number of rotatable bonds is 5. The summed E-state index contributed by atoms with van der Waals surface area (Å²) in [5.74, 6) is -6.65. The molecular formula is C15H9F6NO5S. The van der Waals surface area contributed by atoms with E-state index in [0.717, 1.165) is 19.2 Å². The Morgan fingerprint density at radius 3 is 2.25 bits per heavy atom. The van der Waals surface area contributed by atoms with Crippen molar-refractivity contribution in [2.24, 2.45) is 0 Å². The van der Waals surface area contributed by atoms with Gasteiger partial charge in [0, 0.05) is 12.0 Å². The number of alkyl halides is 3. The molecule has 0 fully saturated rings. The Morgan fingerprint density at radius 1 is 1.07 bits per heavy atom. The van der Waals surface area contributed by atoms with Gasteiger partial charge in [0.05, 0.1) is 12.8 Å². The zero-order valence-electron chi connectivity index (χ0n) is 13.7. The first-order valence-corrected chi connectivity index (χ1v) is 8.49. The van der Waals surface area contributed by atoms with Gasteiger partial charge in [0.15, 0.2) is 11.6 Å². The molecule has 28 heavy (non-hydrogen) atoms. The van der Waals surface area contributed by atoms with Crippen LogP contribution in [-0.2, 0) is 21.3 Å². The number of pyridine rings is 1. The second-order valence-electron chi connectivity index (χ2n) is 5.11. The highest BCUT2D eigenvalue weighted by Gasteiger charge is 2.49. The van der Waals surface area contributed by atoms with Crippen LogP contribution in [0.4, 0.5) is 26.3 Å². The monoisotopic (exact) mass is 429 g/mol. The third-order valence-corrected chi connectivity index (χ3v) is 4.26. The van der Waals surface area contributed by atoms with E-state index in [0.29, 0.717) is 12.1 Å². The Morgan fingerprint density at radius 2 is 1.68 bits per heavy atom. The Balaban J connectivity index is 2.47. The van der Waals surface area contributed by atoms with Gasteiger partial charge in [-0.15, -0.1) is 0 Å². The molecule has 0 N–H and O–H groups in total. The van der Waals surface area contributed by atoms with Crippen molar-refractivity contribution < 1.29 is 48.5 Å². The number of hydrogen-bond donors (Lipinski definition) is 0. The molecule has 13 heteroatoms. The predicted molar refractivity (Wildman–Crippen MR) is 80.3 cm³/mol. The van der Waals surface area contributed by atoms with Crippen LogP contribution in [0.15, 0.2) is 24.3 Å². The lowest BCUT2D eigenvalue weighted by Gasteiger charge is -2.13. The van der Waals surface area contributed by atoms with E-state index < -0.39 is 68.2 Å². The van der Waals surface area contributed by atoms with Crippen LogP contribution < -0.4 is 4.18 Å². The van der Waals surface area contributed by atoms with Crippen LogP contribution in [0.1, 0.15) is 21.7 Å². The van der Waals surface area contributed by atoms with Gasteiger partial charge in [0.25, 0.3) is 0 Å². The fraction of sp³-hybridized carbons (Fsp3) is 0.200. The highest BCUT2D eigenvalue weighted by Crippen LogP contribution is 2.31. The second kappa shape index (κ2) is 7.66. The predicted octanol–water partition coefficient (Wildman–Crippen LogP) is 3.10. The van der Waals surface area contributed by atoms with Crippen molar-refractivity contribution in [3.63, 3.8) is 0 Å². The average Bonchev–Trinajstić information content (AvgIpc) is 2.60. The molecule has 6 nitrogen and oxygen atoms in total. The number of carbonyl (C=O) groups is 1. The molecular weight excluding hydrogens is 420 g/mol. The number of carbonyl (C=O) groups excluding carboxylic acids is 1. The summed E-state index contributed by atoms with van der Waals surface area (Å²) in [4.78, 5) is 15.0. The van der Waals surface area contributed by atoms with Gasteiger partial charge in [-0.3, -0.25) is 0 Å². The molecule has 2 aromatic rings. The molecule has 0 bridgehead atoms. The van der Waals surface area contributed by atoms with E-state index in [-0.39, 0.29) is 0 Å². The van der Waals surface area contributed by atoms with E-state index in [1.807, 2.05) is 0 Å². The summed E-state index contributed by atoms with van der Waals surface area (Å²) < 4.78 is 109. The smallest absolute Gasteiger partial charge is 0.464 e. The molecule has 1 aromatic heterocycles. The van der Waals surface area contributed by atoms with Crippen LogP contribution in [0.2, 0.25) is 0 Å². The Hall–Kier alpha value is -2.83. The summed E-state index contributed by atoms with van der Waals surface area (Å²) in [6.45, 7) is 0. The third kappa shape index (κ3) is 4.35. The zero-order valence-corrected chi connectivity index (χ0v) is 14.5. The highest BCUT2D eigenvalue weighted by atomic mass is 32.2. The number of ether oxygens (including phenoxy) is 1. The zero-order chi connectivity index (χ0) is 21.3. The summed E-state index contributed by atoms with van der Waals surface area (Å²) in [6.07, 6.45) is -0.961. The minimum absolute atomic E-state index is 0.326. The molecule has 0 atom stereocenters. The van der Waals surface area contributed by atoms with Gasteiger partial charge in [0.2, 0.25) is 0 Å². The molecule has 0 aliphatic rings. The molecule has 0 saturated carbocycles. The largest absolute Gasteiger partial charge is 0.534 e. The van der Waals surface area contributed by atoms with Crippen LogP contribution in [0.5, 0.6) is 5.75 Å². The number of methoxy groups -OCH3 is 1. The van der Waals surface area contributed by atoms with Gasteiger partial charge >= 0.3 is 21.6 Å². The fourth-order valence-electron chi connectivity index (χ4n) is 1.96. The lowest BCUT2D eigenvalue weighted by atomic mass is 10.1. The minimum Gasteiger partial charge on any atom is -0.464 e. The summed E-state index contributed by atoms with van der Waals surface area (Å²) in [7, 11) is -5.21. The number of nitrogens with zero attached hydrogens (tertiary/aromatic N) is 1. The van der Waals surface area contributed by atoms with E-state index in [1.54, 1.807) is 0 Å². The molecule has 1 heterocycles. The molecule has 1 aromatic carbocycles. The molecule has 0 aliphatic carbocycles. The molecule has 0 spiro atoms. The van der Waals surface area contributed by atoms with E-state index in [2.05, 4.69) is 13.9 Å². The Bertz CT molecular complexity index is 1020. The van der Waals surface area contributed by atoms with Gasteiger partial charge in [0.1, 0.15) is 17.3 Å². The SMILES string of the molecule is COC(=O)c1ccc(F)c(Cc2c(F)ccc(OS(=O)(=O)C(F)(F)F)c2F)n1. The van der Waals surface area contributed by atoms with Crippen molar-refractivity contribution in [3.8, 4) is 5.75 Å². The maximum Gasteiger partial charge on any atom is 0.534 e. The molecule has 0 saturated heterocycles. The van der Waals surface area contributed by atoms with Crippen LogP contribution in [0.25, 0.3) is 0 Å². The number of halogens is 6. The topological polar surface area (TPSA) is 82.6 Å². The van der Waals surface area contributed by atoms with E-state index in [9.17, 15) is 39.6 Å². The van der Waals surface area contributed by atoms with Gasteiger partial charge < -0.3 is 8.92 Å². The minimum atomic E-state index is -6.22. The van der Waals surface area contributed by atoms with Crippen molar-refractivity contribution >= 4 is 16.1 Å². The Labute approximate surface area is 153 Å². The number of aromatic nitrogens is 1. The van der Waals surface area contributed by atoms with Gasteiger partial charge in [-0.25, -0.2) is 22.9 Å². The van der Waals surface area contributed by atoms with E-state index in [1.165, 1.54) is 0 Å². The molecule has 0 radical (unpaired) electrons. The van der Waals surface area contributed by atoms with Gasteiger partial charge in [-0.05, 0) is 24.3 Å². The average molecular weight is 429 g/mol. The maximum absolute atomic E-state index is 14.4. The maximum atomic E-state index is 14.4. The molecule has 152 valence electrons. The summed E-state index contributed by atoms with van der Waals surface area (Å²) in [6, 6.07) is 2.46. The lowest BCUT2D eigenvalue weighted by Crippen LogP contribution is -2.28. The van der Waals surface area contributed by atoms with Crippen molar-refractivity contribution in [3.05, 3.63) is 58.7 Å². The molecule has 2 rings (SSSR count). The third-order valence-electron chi connectivity index (χ3n) is 3.29. The number of hydrogen-bond acceptors (Lipinski definition) is 6. The van der Waals surface area contributed by atoms with Crippen LogP contribution >= 0.6 is 0 Å². The first-order valence-electron chi connectivity index (χ1n) is 7.08. The van der Waals surface area contributed by atoms with Crippen molar-refractivity contribution in [2.45, 2.75) is 11.9 Å². The van der Waals surface area contributed by atoms with Crippen LogP contribution in [-0.4, -0.2) is 32.0 Å². The fourth-order valence-corrected chi connectivity index (χ4v) is 2.42. The summed E-state index contributed by atoms with van der Waals surface area (Å²) >= 11 is 0. The molecule has 0 unspecified atom stereocenters. The van der Waals surface area contributed by atoms with Crippen LogP contribution in [0.3, 0.4) is 0 Å². The quantitative estimate of drug-likeness (QED) is 0.315. The van der Waals surface area contributed by atoms with Gasteiger partial charge in [-0.1, -0.05) is 0 Å². The Kier molecular flexibility index (Phi) is 5.87. The second-order valence-corrected chi connectivity index (χ2v) is 6.65. The van der Waals surface area contributed by atoms with Crippen LogP contribution in [0, 0.1) is 17.5 Å². The van der Waals surface area contributed by atoms with E-state index in [4.69, 9.17) is 0 Å². The summed E-state index contributed by atoms with van der Waals surface area (Å²) in [5.41, 5.74) is -7.91. The van der Waals surface area contributed by atoms with Crippen molar-refractivity contribution in [1.29, 1.82) is 0 Å². The van der Waals surface area contributed by atoms with Gasteiger partial charge in [-0.2, -0.15) is 21.6 Å². The molecule has 0 amide bonds. The number of benzene rings is 1. The standard InChI is InChI=1S/C15H9F6NO5S/c1-26-14(23)10-4-2-9(17)11(22-10)6-7-8(16)3-5-12(13(7)18)27-28(24,25)15(19,20)21/h2-5H,6H2,1H3.